The number of hydrogen-bond acceptors (Lipinski definition) is 9. The lowest BCUT2D eigenvalue weighted by molar-refractivity contribution is -0.179. The molecular formula is C18H30N2O8. The summed E-state index contributed by atoms with van der Waals surface area (Å²) in [5.41, 5.74) is -1.35. The van der Waals surface area contributed by atoms with E-state index in [9.17, 15) is 24.9 Å². The standard InChI is InChI=1S/C18H30N2O8/c1-17(2,3)26-14(23)9-19(10-15(24)27-18(4,5)6)11-16(25)28-20-12(21)7-8-13(20)22/h7-8,14,21-23H,9-11H2,1-6H3. The van der Waals surface area contributed by atoms with Gasteiger partial charge in [0.2, 0.25) is 11.8 Å². The summed E-state index contributed by atoms with van der Waals surface area (Å²) < 4.78 is 11.2. The van der Waals surface area contributed by atoms with Crippen LogP contribution in [0.15, 0.2) is 12.1 Å². The molecule has 28 heavy (non-hydrogen) atoms. The largest absolute Gasteiger partial charge is 0.492 e. The molecule has 1 aromatic rings. The van der Waals surface area contributed by atoms with E-state index in [1.807, 2.05) is 0 Å². The van der Waals surface area contributed by atoms with Gasteiger partial charge < -0.3 is 29.6 Å². The van der Waals surface area contributed by atoms with Gasteiger partial charge in [0, 0.05) is 12.1 Å². The van der Waals surface area contributed by atoms with Crippen LogP contribution < -0.4 is 4.84 Å². The summed E-state index contributed by atoms with van der Waals surface area (Å²) in [4.78, 5) is 30.5. The highest BCUT2D eigenvalue weighted by molar-refractivity contribution is 5.75. The van der Waals surface area contributed by atoms with E-state index in [2.05, 4.69) is 0 Å². The van der Waals surface area contributed by atoms with Gasteiger partial charge in [-0.05, 0) is 41.5 Å². The molecular weight excluding hydrogens is 372 g/mol. The summed E-state index contributed by atoms with van der Waals surface area (Å²) in [5, 5.41) is 29.2. The molecule has 3 N–H and O–H groups in total. The molecule has 0 radical (unpaired) electrons. The number of nitrogens with zero attached hydrogens (tertiary/aromatic N) is 2. The zero-order chi connectivity index (χ0) is 21.7. The molecule has 1 aromatic heterocycles. The Labute approximate surface area is 164 Å². The number of hydrogen-bond donors (Lipinski definition) is 3. The highest BCUT2D eigenvalue weighted by Gasteiger charge is 2.26. The number of aromatic hydroxyl groups is 2. The van der Waals surface area contributed by atoms with Gasteiger partial charge in [-0.15, -0.1) is 4.73 Å². The third kappa shape index (κ3) is 9.07. The highest BCUT2D eigenvalue weighted by Crippen LogP contribution is 2.18. The molecule has 0 saturated heterocycles. The Morgan fingerprint density at radius 1 is 1.00 bits per heavy atom. The minimum atomic E-state index is -1.27. The van der Waals surface area contributed by atoms with Gasteiger partial charge in [0.25, 0.3) is 0 Å². The fourth-order valence-corrected chi connectivity index (χ4v) is 2.22. The van der Waals surface area contributed by atoms with Crippen LogP contribution in [0.25, 0.3) is 0 Å². The van der Waals surface area contributed by atoms with Crippen molar-refractivity contribution in [2.75, 3.05) is 19.6 Å². The highest BCUT2D eigenvalue weighted by atomic mass is 16.7. The van der Waals surface area contributed by atoms with Gasteiger partial charge in [-0.25, -0.2) is 4.79 Å². The van der Waals surface area contributed by atoms with E-state index in [0.717, 1.165) is 12.1 Å². The molecule has 10 nitrogen and oxygen atoms in total. The number of ether oxygens (including phenoxy) is 2. The van der Waals surface area contributed by atoms with Crippen molar-refractivity contribution in [3.63, 3.8) is 0 Å². The first-order valence-corrected chi connectivity index (χ1v) is 8.77. The maximum Gasteiger partial charge on any atom is 0.347 e. The molecule has 1 atom stereocenters. The summed E-state index contributed by atoms with van der Waals surface area (Å²) in [7, 11) is 0. The van der Waals surface area contributed by atoms with Crippen molar-refractivity contribution in [3.05, 3.63) is 12.1 Å². The Hall–Kier alpha value is -2.30. The maximum atomic E-state index is 12.2. The van der Waals surface area contributed by atoms with E-state index in [-0.39, 0.29) is 13.1 Å². The number of aromatic nitrogens is 1. The van der Waals surface area contributed by atoms with Crippen LogP contribution in [0.2, 0.25) is 0 Å². The quantitative estimate of drug-likeness (QED) is 0.423. The fourth-order valence-electron chi connectivity index (χ4n) is 2.22. The van der Waals surface area contributed by atoms with Crippen molar-refractivity contribution in [1.82, 2.24) is 9.63 Å². The Bertz CT molecular complexity index is 653. The molecule has 1 unspecified atom stereocenters. The maximum absolute atomic E-state index is 12.2. The van der Waals surface area contributed by atoms with Gasteiger partial charge >= 0.3 is 11.9 Å². The molecule has 0 aliphatic carbocycles. The summed E-state index contributed by atoms with van der Waals surface area (Å²) in [6.45, 7) is 9.47. The number of carbonyl (C=O) groups is 2. The first-order valence-electron chi connectivity index (χ1n) is 8.77. The van der Waals surface area contributed by atoms with Crippen LogP contribution >= 0.6 is 0 Å². The molecule has 0 fully saturated rings. The van der Waals surface area contributed by atoms with Crippen molar-refractivity contribution in [1.29, 1.82) is 0 Å². The van der Waals surface area contributed by atoms with Crippen LogP contribution in [0.5, 0.6) is 11.8 Å². The number of carbonyl (C=O) groups excluding carboxylic acids is 2. The van der Waals surface area contributed by atoms with Crippen molar-refractivity contribution in [2.24, 2.45) is 0 Å². The second kappa shape index (κ2) is 9.26. The average molecular weight is 402 g/mol. The fraction of sp³-hybridized carbons (Fsp3) is 0.667. The normalized spacial score (nSPS) is 13.4. The molecule has 1 heterocycles. The van der Waals surface area contributed by atoms with Crippen LogP contribution in [0.4, 0.5) is 0 Å². The topological polar surface area (TPSA) is 131 Å². The Balaban J connectivity index is 2.80. The van der Waals surface area contributed by atoms with Gasteiger partial charge in [-0.3, -0.25) is 9.69 Å². The van der Waals surface area contributed by atoms with Gasteiger partial charge in [-0.2, -0.15) is 0 Å². The number of aliphatic hydroxyl groups excluding tert-OH is 1. The first-order chi connectivity index (χ1) is 12.7. The second-order valence-electron chi connectivity index (χ2n) is 8.25. The smallest absolute Gasteiger partial charge is 0.347 e. The number of aliphatic hydroxyl groups is 1. The summed E-state index contributed by atoms with van der Waals surface area (Å²) in [6.07, 6.45) is -1.27. The molecule has 0 aliphatic rings. The van der Waals surface area contributed by atoms with E-state index in [1.54, 1.807) is 41.5 Å². The van der Waals surface area contributed by atoms with Crippen LogP contribution in [0.3, 0.4) is 0 Å². The van der Waals surface area contributed by atoms with Crippen LogP contribution in [-0.4, -0.2) is 74.0 Å². The SMILES string of the molecule is CC(C)(C)OC(=O)CN(CC(=O)On1c(O)ccc1O)CC(O)OC(C)(C)C. The molecule has 0 bridgehead atoms. The van der Waals surface area contributed by atoms with E-state index in [1.165, 1.54) is 4.90 Å². The summed E-state index contributed by atoms with van der Waals surface area (Å²) >= 11 is 0. The number of rotatable bonds is 8. The lowest BCUT2D eigenvalue weighted by Gasteiger charge is -2.29. The Morgan fingerprint density at radius 3 is 1.96 bits per heavy atom. The van der Waals surface area contributed by atoms with Gasteiger partial charge in [-0.1, -0.05) is 0 Å². The molecule has 0 aromatic carbocycles. The number of esters is 1. The third-order valence-corrected chi connectivity index (χ3v) is 3.02. The molecule has 1 rings (SSSR count). The lowest BCUT2D eigenvalue weighted by Crippen LogP contribution is -2.45. The van der Waals surface area contributed by atoms with E-state index in [0.29, 0.717) is 4.73 Å². The minimum Gasteiger partial charge on any atom is -0.492 e. The van der Waals surface area contributed by atoms with Crippen molar-refractivity contribution < 1.29 is 39.2 Å². The van der Waals surface area contributed by atoms with Crippen LogP contribution in [0, 0.1) is 0 Å². The predicted molar refractivity (Wildman–Crippen MR) is 98.5 cm³/mol. The third-order valence-electron chi connectivity index (χ3n) is 3.02. The Morgan fingerprint density at radius 2 is 1.50 bits per heavy atom. The van der Waals surface area contributed by atoms with E-state index in [4.69, 9.17) is 14.3 Å². The van der Waals surface area contributed by atoms with Crippen molar-refractivity contribution in [3.8, 4) is 11.8 Å². The molecule has 0 amide bonds. The molecule has 160 valence electrons. The first kappa shape index (κ1) is 23.7. The van der Waals surface area contributed by atoms with Crippen molar-refractivity contribution >= 4 is 11.9 Å². The van der Waals surface area contributed by atoms with E-state index < -0.39 is 47.7 Å². The average Bonchev–Trinajstić information content (AvgIpc) is 2.74. The molecule has 0 saturated carbocycles. The zero-order valence-electron chi connectivity index (χ0n) is 17.1. The molecule has 10 heteroatoms. The summed E-state index contributed by atoms with van der Waals surface area (Å²) in [5.74, 6) is -2.43. The lowest BCUT2D eigenvalue weighted by atomic mass is 10.2. The van der Waals surface area contributed by atoms with Gasteiger partial charge in [0.15, 0.2) is 6.29 Å². The second-order valence-corrected chi connectivity index (χ2v) is 8.25. The predicted octanol–water partition coefficient (Wildman–Crippen LogP) is 0.632. The zero-order valence-corrected chi connectivity index (χ0v) is 17.1. The molecule has 0 aliphatic heterocycles. The summed E-state index contributed by atoms with van der Waals surface area (Å²) in [6, 6.07) is 2.28. The minimum absolute atomic E-state index is 0.171. The Kier molecular flexibility index (Phi) is 7.85. The van der Waals surface area contributed by atoms with Gasteiger partial charge in [0.05, 0.1) is 18.7 Å². The van der Waals surface area contributed by atoms with E-state index >= 15 is 0 Å². The van der Waals surface area contributed by atoms with Crippen molar-refractivity contribution in [2.45, 2.75) is 59.0 Å². The monoisotopic (exact) mass is 402 g/mol. The van der Waals surface area contributed by atoms with Crippen LogP contribution in [-0.2, 0) is 19.1 Å². The molecule has 0 spiro atoms. The van der Waals surface area contributed by atoms with Gasteiger partial charge in [0.1, 0.15) is 12.1 Å². The van der Waals surface area contributed by atoms with Crippen LogP contribution in [0.1, 0.15) is 41.5 Å².